The fraction of sp³-hybridized carbons (Fsp3) is 0.312. The summed E-state index contributed by atoms with van der Waals surface area (Å²) in [5, 5.41) is 19.4. The average molecular weight is 503 g/mol. The van der Waals surface area contributed by atoms with Gasteiger partial charge in [-0.05, 0) is 88.1 Å². The predicted octanol–water partition coefficient (Wildman–Crippen LogP) is 6.75. The smallest absolute Gasteiger partial charge is 0.176 e. The Morgan fingerprint density at radius 1 is 0.711 bits per heavy atom. The number of rotatable bonds is 4. The molecule has 0 amide bonds. The molecule has 192 valence electrons. The summed E-state index contributed by atoms with van der Waals surface area (Å²) in [7, 11) is 4.17. The lowest BCUT2D eigenvalue weighted by Gasteiger charge is -2.40. The maximum atomic E-state index is 9.72. The number of allylic oxidation sites excluding steroid dienone is 4. The van der Waals surface area contributed by atoms with Gasteiger partial charge in [0, 0.05) is 49.0 Å². The molecule has 0 saturated carbocycles. The minimum absolute atomic E-state index is 0.0255. The summed E-state index contributed by atoms with van der Waals surface area (Å²) >= 11 is 0. The van der Waals surface area contributed by atoms with E-state index in [0.29, 0.717) is 0 Å². The number of hydrogen-bond acceptors (Lipinski definition) is 6. The minimum atomic E-state index is -0.0668. The molecule has 6 heteroatoms. The molecule has 2 aromatic rings. The Morgan fingerprint density at radius 2 is 1.08 bits per heavy atom. The first kappa shape index (κ1) is 26.6. The van der Waals surface area contributed by atoms with Crippen LogP contribution in [0.25, 0.3) is 11.1 Å². The first-order valence-corrected chi connectivity index (χ1v) is 12.7. The van der Waals surface area contributed by atoms with E-state index >= 15 is 0 Å². The first-order chi connectivity index (χ1) is 17.9. The zero-order valence-electron chi connectivity index (χ0n) is 23.5. The van der Waals surface area contributed by atoms with Crippen molar-refractivity contribution in [2.24, 2.45) is 9.98 Å². The topological polar surface area (TPSA) is 78.8 Å². The zero-order valence-corrected chi connectivity index (χ0v) is 23.5. The van der Waals surface area contributed by atoms with Gasteiger partial charge in [-0.1, -0.05) is 24.3 Å². The minimum Gasteiger partial charge on any atom is -0.366 e. The highest BCUT2D eigenvalue weighted by Gasteiger charge is 2.29. The highest BCUT2D eigenvalue weighted by Crippen LogP contribution is 2.39. The van der Waals surface area contributed by atoms with Crippen molar-refractivity contribution in [1.29, 1.82) is 10.5 Å². The van der Waals surface area contributed by atoms with Crippen LogP contribution in [0.5, 0.6) is 0 Å². The lowest BCUT2D eigenvalue weighted by atomic mass is 9.89. The van der Waals surface area contributed by atoms with Crippen molar-refractivity contribution < 1.29 is 0 Å². The molecule has 6 nitrogen and oxygen atoms in total. The molecule has 2 aromatic carbocycles. The van der Waals surface area contributed by atoms with Gasteiger partial charge in [-0.25, -0.2) is 9.98 Å². The number of benzene rings is 2. The van der Waals surface area contributed by atoms with Crippen LogP contribution in [0.3, 0.4) is 0 Å². The Hall–Kier alpha value is -4.42. The molecule has 4 rings (SSSR count). The van der Waals surface area contributed by atoms with Crippen LogP contribution in [0.1, 0.15) is 63.8 Å². The second kappa shape index (κ2) is 9.80. The van der Waals surface area contributed by atoms with Gasteiger partial charge in [0.05, 0.1) is 11.1 Å². The Bertz CT molecular complexity index is 1420. The molecule has 2 heterocycles. The highest BCUT2D eigenvalue weighted by molar-refractivity contribution is 5.89. The molecular weight excluding hydrogens is 468 g/mol. The molecule has 0 N–H and O–H groups in total. The molecule has 38 heavy (non-hydrogen) atoms. The van der Waals surface area contributed by atoms with Gasteiger partial charge in [-0.3, -0.25) is 0 Å². The quantitative estimate of drug-likeness (QED) is 0.342. The van der Waals surface area contributed by atoms with E-state index < -0.39 is 0 Å². The van der Waals surface area contributed by atoms with Crippen LogP contribution in [0, 0.1) is 22.7 Å². The van der Waals surface area contributed by atoms with Gasteiger partial charge in [0.15, 0.2) is 11.4 Å². The number of nitrogens with zero attached hydrogens (tertiary/aromatic N) is 6. The molecule has 0 bridgehead atoms. The molecule has 2 aliphatic heterocycles. The van der Waals surface area contributed by atoms with Crippen LogP contribution < -0.4 is 9.80 Å². The number of likely N-dealkylation sites (N-methyl/N-ethyl adjacent to an activating group) is 2. The fourth-order valence-electron chi connectivity index (χ4n) is 5.08. The van der Waals surface area contributed by atoms with Crippen LogP contribution in [0.4, 0.5) is 11.4 Å². The van der Waals surface area contributed by atoms with E-state index in [0.717, 1.165) is 33.6 Å². The average Bonchev–Trinajstić information content (AvgIpc) is 2.87. The van der Waals surface area contributed by atoms with Crippen LogP contribution in [-0.2, 0) is 0 Å². The summed E-state index contributed by atoms with van der Waals surface area (Å²) in [5.74, 6) is 0. The summed E-state index contributed by atoms with van der Waals surface area (Å²) in [6.07, 6.45) is 7.72. The van der Waals surface area contributed by atoms with Gasteiger partial charge in [0.1, 0.15) is 12.1 Å². The first-order valence-electron chi connectivity index (χ1n) is 12.7. The van der Waals surface area contributed by atoms with Crippen LogP contribution in [0.2, 0.25) is 0 Å². The van der Waals surface area contributed by atoms with E-state index in [-0.39, 0.29) is 22.5 Å². The second-order valence-electron chi connectivity index (χ2n) is 11.1. The third-order valence-corrected chi connectivity index (χ3v) is 7.60. The molecule has 0 atom stereocenters. The van der Waals surface area contributed by atoms with Gasteiger partial charge in [0.2, 0.25) is 0 Å². The standard InChI is InChI=1S/C32H34N6/c1-21-15-31(3,4)37(7)29-11-9-23(13-25(21)29)19-35-27(17-33)28(18-34)36-20-24-10-12-30-26(14-24)22(2)16-32(5,6)38(30)8/h9-16,19-20H,1-8H3/b28-27-,35-19?,36-20?. The molecule has 0 aromatic heterocycles. The zero-order chi connectivity index (χ0) is 27.8. The molecule has 0 spiro atoms. The lowest BCUT2D eigenvalue weighted by Crippen LogP contribution is -2.42. The molecule has 0 radical (unpaired) electrons. The maximum absolute atomic E-state index is 9.72. The van der Waals surface area contributed by atoms with E-state index in [9.17, 15) is 10.5 Å². The van der Waals surface area contributed by atoms with Gasteiger partial charge in [-0.15, -0.1) is 0 Å². The molecule has 0 saturated heterocycles. The molecule has 0 aliphatic carbocycles. The van der Waals surface area contributed by atoms with Gasteiger partial charge >= 0.3 is 0 Å². The molecule has 2 aliphatic rings. The predicted molar refractivity (Wildman–Crippen MR) is 159 cm³/mol. The van der Waals surface area contributed by atoms with E-state index in [1.807, 2.05) is 24.3 Å². The number of hydrogen-bond donors (Lipinski definition) is 0. The molecule has 0 unspecified atom stereocenters. The fourth-order valence-corrected chi connectivity index (χ4v) is 5.08. The van der Waals surface area contributed by atoms with Crippen molar-refractivity contribution in [2.45, 2.75) is 52.6 Å². The van der Waals surface area contributed by atoms with Gasteiger partial charge in [0.25, 0.3) is 0 Å². The summed E-state index contributed by atoms with van der Waals surface area (Å²) in [6, 6.07) is 16.3. The van der Waals surface area contributed by atoms with Crippen molar-refractivity contribution in [1.82, 2.24) is 0 Å². The number of aliphatic imine (C=N–C) groups is 2. The third-order valence-electron chi connectivity index (χ3n) is 7.60. The SMILES string of the molecule is CC1=CC(C)(C)N(C)c2ccc(C=N/C(C#N)=C(/C#N)N=Cc3ccc4c(c3)C(C)=CC(C)(C)N4C)cc21. The van der Waals surface area contributed by atoms with Gasteiger partial charge < -0.3 is 9.80 Å². The Morgan fingerprint density at radius 3 is 1.42 bits per heavy atom. The second-order valence-corrected chi connectivity index (χ2v) is 11.1. The molecular formula is C32H34N6. The van der Waals surface area contributed by atoms with Crippen LogP contribution >= 0.6 is 0 Å². The van der Waals surface area contributed by atoms with Crippen molar-refractivity contribution in [3.05, 3.63) is 82.2 Å². The summed E-state index contributed by atoms with van der Waals surface area (Å²) in [4.78, 5) is 13.2. The Kier molecular flexibility index (Phi) is 6.87. The molecule has 0 fully saturated rings. The Balaban J connectivity index is 1.62. The number of fused-ring (bicyclic) bond motifs is 2. The monoisotopic (exact) mass is 502 g/mol. The van der Waals surface area contributed by atoms with Crippen LogP contribution in [0.15, 0.2) is 69.9 Å². The summed E-state index contributed by atoms with van der Waals surface area (Å²) in [6.45, 7) is 12.9. The Labute approximate surface area is 226 Å². The van der Waals surface area contributed by atoms with Crippen molar-refractivity contribution >= 4 is 35.0 Å². The normalized spacial score (nSPS) is 18.3. The van der Waals surface area contributed by atoms with Crippen molar-refractivity contribution in [2.75, 3.05) is 23.9 Å². The van der Waals surface area contributed by atoms with E-state index in [1.54, 1.807) is 12.4 Å². The summed E-state index contributed by atoms with van der Waals surface area (Å²) in [5.41, 5.74) is 8.46. The van der Waals surface area contributed by atoms with E-state index in [1.165, 1.54) is 11.1 Å². The van der Waals surface area contributed by atoms with Gasteiger partial charge in [-0.2, -0.15) is 10.5 Å². The van der Waals surface area contributed by atoms with E-state index in [2.05, 4.69) is 112 Å². The number of nitriles is 2. The maximum Gasteiger partial charge on any atom is 0.176 e. The largest absolute Gasteiger partial charge is 0.366 e. The lowest BCUT2D eigenvalue weighted by molar-refractivity contribution is 0.597. The van der Waals surface area contributed by atoms with Crippen molar-refractivity contribution in [3.63, 3.8) is 0 Å². The van der Waals surface area contributed by atoms with Crippen LogP contribution in [-0.4, -0.2) is 37.6 Å². The van der Waals surface area contributed by atoms with Crippen molar-refractivity contribution in [3.8, 4) is 12.1 Å². The number of anilines is 2. The highest BCUT2D eigenvalue weighted by atomic mass is 15.2. The third kappa shape index (κ3) is 4.91. The summed E-state index contributed by atoms with van der Waals surface area (Å²) < 4.78 is 0. The van der Waals surface area contributed by atoms with E-state index in [4.69, 9.17) is 0 Å².